The van der Waals surface area contributed by atoms with Crippen molar-refractivity contribution >= 4 is 0 Å². The van der Waals surface area contributed by atoms with Gasteiger partial charge in [-0.2, -0.15) is 0 Å². The zero-order valence-electron chi connectivity index (χ0n) is 10.4. The molecule has 0 saturated carbocycles. The third kappa shape index (κ3) is 2.31. The predicted octanol–water partition coefficient (Wildman–Crippen LogP) is 1.88. The summed E-state index contributed by atoms with van der Waals surface area (Å²) < 4.78 is 16.7. The molecule has 2 unspecified atom stereocenters. The smallest absolute Gasteiger partial charge is 0.161 e. The summed E-state index contributed by atoms with van der Waals surface area (Å²) in [7, 11) is 0. The van der Waals surface area contributed by atoms with Gasteiger partial charge in [-0.15, -0.1) is 0 Å². The van der Waals surface area contributed by atoms with E-state index in [0.29, 0.717) is 12.5 Å². The highest BCUT2D eigenvalue weighted by molar-refractivity contribution is 5.44. The molecule has 2 aliphatic rings. The Morgan fingerprint density at radius 3 is 2.72 bits per heavy atom. The Bertz CT molecular complexity index is 416. The number of hydrogen-bond acceptors (Lipinski definition) is 4. The average molecular weight is 249 g/mol. The van der Waals surface area contributed by atoms with Crippen molar-refractivity contribution in [1.82, 2.24) is 0 Å². The average Bonchev–Trinajstić information content (AvgIpc) is 2.83. The van der Waals surface area contributed by atoms with E-state index in [2.05, 4.69) is 0 Å². The number of rotatable bonds is 2. The van der Waals surface area contributed by atoms with Crippen LogP contribution in [-0.4, -0.2) is 26.4 Å². The van der Waals surface area contributed by atoms with Gasteiger partial charge in [0.1, 0.15) is 0 Å². The highest BCUT2D eigenvalue weighted by Gasteiger charge is 2.25. The van der Waals surface area contributed by atoms with Crippen molar-refractivity contribution in [1.29, 1.82) is 0 Å². The number of fused-ring (bicyclic) bond motifs is 1. The first-order valence-electron chi connectivity index (χ1n) is 6.57. The summed E-state index contributed by atoms with van der Waals surface area (Å²) >= 11 is 0. The van der Waals surface area contributed by atoms with Crippen molar-refractivity contribution in [3.05, 3.63) is 23.8 Å². The van der Waals surface area contributed by atoms with E-state index in [1.807, 2.05) is 18.2 Å². The number of benzene rings is 1. The van der Waals surface area contributed by atoms with Gasteiger partial charge in [0.05, 0.1) is 19.8 Å². The predicted molar refractivity (Wildman–Crippen MR) is 67.9 cm³/mol. The van der Waals surface area contributed by atoms with Crippen LogP contribution in [-0.2, 0) is 4.74 Å². The lowest BCUT2D eigenvalue weighted by Gasteiger charge is -2.19. The zero-order valence-corrected chi connectivity index (χ0v) is 10.4. The van der Waals surface area contributed by atoms with Crippen LogP contribution in [0.5, 0.6) is 11.5 Å². The van der Waals surface area contributed by atoms with E-state index in [1.165, 1.54) is 0 Å². The fraction of sp³-hybridized carbons (Fsp3) is 0.571. The number of ether oxygens (including phenoxy) is 3. The fourth-order valence-corrected chi connectivity index (χ4v) is 2.50. The van der Waals surface area contributed by atoms with Gasteiger partial charge < -0.3 is 19.9 Å². The summed E-state index contributed by atoms with van der Waals surface area (Å²) in [6.07, 6.45) is 1.96. The van der Waals surface area contributed by atoms with E-state index in [-0.39, 0.29) is 6.04 Å². The van der Waals surface area contributed by atoms with Crippen LogP contribution in [0.1, 0.15) is 24.4 Å². The molecule has 0 amide bonds. The molecule has 0 aromatic heterocycles. The van der Waals surface area contributed by atoms with E-state index in [9.17, 15) is 0 Å². The van der Waals surface area contributed by atoms with Crippen molar-refractivity contribution in [2.45, 2.75) is 18.9 Å². The number of hydrogen-bond donors (Lipinski definition) is 1. The Labute approximate surface area is 107 Å². The molecule has 4 nitrogen and oxygen atoms in total. The molecule has 18 heavy (non-hydrogen) atoms. The molecule has 1 fully saturated rings. The van der Waals surface area contributed by atoms with Gasteiger partial charge in [0, 0.05) is 25.0 Å². The normalized spacial score (nSPS) is 24.6. The molecule has 98 valence electrons. The quantitative estimate of drug-likeness (QED) is 0.869. The van der Waals surface area contributed by atoms with Crippen LogP contribution in [0, 0.1) is 5.92 Å². The lowest BCUT2D eigenvalue weighted by molar-refractivity contribution is 0.181. The SMILES string of the molecule is NC(c1ccc2c(c1)OCCCO2)C1CCOC1. The Balaban J connectivity index is 1.82. The van der Waals surface area contributed by atoms with Crippen molar-refractivity contribution < 1.29 is 14.2 Å². The number of nitrogens with two attached hydrogens (primary N) is 1. The van der Waals surface area contributed by atoms with Crippen molar-refractivity contribution in [3.8, 4) is 11.5 Å². The van der Waals surface area contributed by atoms with Crippen LogP contribution >= 0.6 is 0 Å². The first-order valence-corrected chi connectivity index (χ1v) is 6.57. The second-order valence-corrected chi connectivity index (χ2v) is 4.91. The maximum absolute atomic E-state index is 6.30. The maximum Gasteiger partial charge on any atom is 0.161 e. The monoisotopic (exact) mass is 249 g/mol. The van der Waals surface area contributed by atoms with Crippen LogP contribution in [0.3, 0.4) is 0 Å². The molecule has 2 N–H and O–H groups in total. The van der Waals surface area contributed by atoms with Crippen LogP contribution in [0.25, 0.3) is 0 Å². The van der Waals surface area contributed by atoms with E-state index >= 15 is 0 Å². The molecule has 0 radical (unpaired) electrons. The molecule has 0 bridgehead atoms. The summed E-state index contributed by atoms with van der Waals surface area (Å²) in [4.78, 5) is 0. The first-order chi connectivity index (χ1) is 8.84. The second kappa shape index (κ2) is 5.16. The largest absolute Gasteiger partial charge is 0.490 e. The summed E-state index contributed by atoms with van der Waals surface area (Å²) in [5.41, 5.74) is 7.40. The van der Waals surface area contributed by atoms with E-state index in [4.69, 9.17) is 19.9 Å². The van der Waals surface area contributed by atoms with Gasteiger partial charge in [-0.3, -0.25) is 0 Å². The molecule has 0 aliphatic carbocycles. The summed E-state index contributed by atoms with van der Waals surface area (Å²) in [5.74, 6) is 2.06. The lowest BCUT2D eigenvalue weighted by Crippen LogP contribution is -2.21. The van der Waals surface area contributed by atoms with E-state index in [0.717, 1.165) is 49.7 Å². The van der Waals surface area contributed by atoms with E-state index < -0.39 is 0 Å². The molecule has 1 aromatic rings. The van der Waals surface area contributed by atoms with Gasteiger partial charge in [0.25, 0.3) is 0 Å². The molecule has 0 spiro atoms. The molecule has 4 heteroatoms. The van der Waals surface area contributed by atoms with Crippen LogP contribution in [0.4, 0.5) is 0 Å². The summed E-state index contributed by atoms with van der Waals surface area (Å²) in [6, 6.07) is 6.04. The zero-order chi connectivity index (χ0) is 12.4. The highest BCUT2D eigenvalue weighted by Crippen LogP contribution is 2.34. The molecule has 2 aliphatic heterocycles. The lowest BCUT2D eigenvalue weighted by atomic mass is 9.93. The minimum Gasteiger partial charge on any atom is -0.490 e. The molecule has 2 atom stereocenters. The minimum atomic E-state index is 0.0182. The molecular weight excluding hydrogens is 230 g/mol. The van der Waals surface area contributed by atoms with E-state index in [1.54, 1.807) is 0 Å². The fourth-order valence-electron chi connectivity index (χ4n) is 2.50. The third-order valence-electron chi connectivity index (χ3n) is 3.63. The third-order valence-corrected chi connectivity index (χ3v) is 3.63. The molecule has 3 rings (SSSR count). The Morgan fingerprint density at radius 2 is 1.94 bits per heavy atom. The highest BCUT2D eigenvalue weighted by atomic mass is 16.5. The van der Waals surface area contributed by atoms with Crippen LogP contribution < -0.4 is 15.2 Å². The Hall–Kier alpha value is -1.26. The molecule has 1 aromatic carbocycles. The van der Waals surface area contributed by atoms with Crippen LogP contribution in [0.15, 0.2) is 18.2 Å². The van der Waals surface area contributed by atoms with Gasteiger partial charge in [-0.1, -0.05) is 6.07 Å². The molecular formula is C14H19NO3. The first kappa shape index (κ1) is 11.8. The maximum atomic E-state index is 6.30. The van der Waals surface area contributed by atoms with Gasteiger partial charge in [0.15, 0.2) is 11.5 Å². The van der Waals surface area contributed by atoms with Crippen LogP contribution in [0.2, 0.25) is 0 Å². The Kier molecular flexibility index (Phi) is 3.39. The van der Waals surface area contributed by atoms with Crippen molar-refractivity contribution in [2.24, 2.45) is 11.7 Å². The van der Waals surface area contributed by atoms with Crippen molar-refractivity contribution in [2.75, 3.05) is 26.4 Å². The summed E-state index contributed by atoms with van der Waals surface area (Å²) in [6.45, 7) is 3.01. The topological polar surface area (TPSA) is 53.7 Å². The molecule has 2 heterocycles. The summed E-state index contributed by atoms with van der Waals surface area (Å²) in [5, 5.41) is 0. The Morgan fingerprint density at radius 1 is 1.11 bits per heavy atom. The van der Waals surface area contributed by atoms with Gasteiger partial charge >= 0.3 is 0 Å². The second-order valence-electron chi connectivity index (χ2n) is 4.91. The standard InChI is InChI=1S/C14H19NO3/c15-14(11-4-7-16-9-11)10-2-3-12-13(8-10)18-6-1-5-17-12/h2-3,8,11,14H,1,4-7,9,15H2. The van der Waals surface area contributed by atoms with Gasteiger partial charge in [-0.25, -0.2) is 0 Å². The van der Waals surface area contributed by atoms with Crippen molar-refractivity contribution in [3.63, 3.8) is 0 Å². The minimum absolute atomic E-state index is 0.0182. The molecule has 1 saturated heterocycles. The van der Waals surface area contributed by atoms with Gasteiger partial charge in [0.2, 0.25) is 0 Å². The van der Waals surface area contributed by atoms with Gasteiger partial charge in [-0.05, 0) is 24.1 Å².